The Balaban J connectivity index is 2.92. The molecule has 0 saturated heterocycles. The molecule has 0 radical (unpaired) electrons. The van der Waals surface area contributed by atoms with Crippen molar-refractivity contribution >= 4 is 11.6 Å². The van der Waals surface area contributed by atoms with Gasteiger partial charge in [-0.05, 0) is 18.1 Å². The van der Waals surface area contributed by atoms with Crippen LogP contribution in [-0.4, -0.2) is 18.5 Å². The van der Waals surface area contributed by atoms with Crippen LogP contribution in [0.15, 0.2) is 30.3 Å². The Bertz CT molecular complexity index is 438. The van der Waals surface area contributed by atoms with Crippen molar-refractivity contribution < 1.29 is 4.79 Å². The molecule has 0 aliphatic rings. The van der Waals surface area contributed by atoms with Crippen molar-refractivity contribution in [1.82, 2.24) is 0 Å². The predicted octanol–water partition coefficient (Wildman–Crippen LogP) is 2.31. The van der Waals surface area contributed by atoms with Crippen LogP contribution < -0.4 is 10.6 Å². The molecule has 4 nitrogen and oxygen atoms in total. The van der Waals surface area contributed by atoms with Gasteiger partial charge < -0.3 is 10.6 Å². The zero-order valence-corrected chi connectivity index (χ0v) is 11.5. The second-order valence-corrected chi connectivity index (χ2v) is 4.64. The Morgan fingerprint density at radius 2 is 2.05 bits per heavy atom. The molecule has 1 aromatic carbocycles. The molecule has 1 amide bonds. The van der Waals surface area contributed by atoms with E-state index in [0.29, 0.717) is 13.0 Å². The van der Waals surface area contributed by atoms with E-state index < -0.39 is 6.04 Å². The Kier molecular flexibility index (Phi) is 6.04. The third kappa shape index (κ3) is 4.08. The van der Waals surface area contributed by atoms with Gasteiger partial charge in [0.05, 0.1) is 18.5 Å². The van der Waals surface area contributed by atoms with E-state index in [1.165, 1.54) is 0 Å². The number of benzene rings is 1. The van der Waals surface area contributed by atoms with E-state index in [1.807, 2.05) is 44.2 Å². The lowest BCUT2D eigenvalue weighted by atomic mass is 9.98. The fraction of sp³-hybridized carbons (Fsp3) is 0.467. The summed E-state index contributed by atoms with van der Waals surface area (Å²) >= 11 is 0. The summed E-state index contributed by atoms with van der Waals surface area (Å²) in [5.74, 6) is 0.0107. The van der Waals surface area contributed by atoms with Crippen molar-refractivity contribution in [2.45, 2.75) is 32.7 Å². The average molecular weight is 259 g/mol. The number of carbonyl (C=O) groups is 1. The number of amides is 1. The largest absolute Gasteiger partial charge is 0.320 e. The molecule has 0 aliphatic heterocycles. The first-order chi connectivity index (χ1) is 9.11. The molecular formula is C15H21N3O. The van der Waals surface area contributed by atoms with E-state index in [1.54, 1.807) is 4.90 Å². The molecule has 0 saturated carbocycles. The van der Waals surface area contributed by atoms with Gasteiger partial charge in [-0.3, -0.25) is 4.79 Å². The molecular weight excluding hydrogens is 238 g/mol. The van der Waals surface area contributed by atoms with E-state index in [2.05, 4.69) is 6.07 Å². The van der Waals surface area contributed by atoms with Gasteiger partial charge in [0.1, 0.15) is 0 Å². The summed E-state index contributed by atoms with van der Waals surface area (Å²) in [5.41, 5.74) is 6.80. The number of hydrogen-bond donors (Lipinski definition) is 1. The van der Waals surface area contributed by atoms with Gasteiger partial charge in [0.2, 0.25) is 5.91 Å². The molecule has 102 valence electrons. The molecule has 0 spiro atoms. The standard InChI is InChI=1S/C15H21N3O/c1-3-12(2)14(17)15(19)18(11-7-10-16)13-8-5-4-6-9-13/h4-6,8-9,12,14H,3,7,11,17H2,1-2H3/t12-,14-/m0/s1. The van der Waals surface area contributed by atoms with Gasteiger partial charge >= 0.3 is 0 Å². The topological polar surface area (TPSA) is 70.1 Å². The SMILES string of the molecule is CC[C@H](C)[C@H](N)C(=O)N(CCC#N)c1ccccc1. The molecule has 0 unspecified atom stereocenters. The van der Waals surface area contributed by atoms with E-state index in [9.17, 15) is 4.79 Å². The number of nitrogens with zero attached hydrogens (tertiary/aromatic N) is 2. The van der Waals surface area contributed by atoms with Gasteiger partial charge in [-0.1, -0.05) is 38.5 Å². The lowest BCUT2D eigenvalue weighted by Crippen LogP contribution is -2.47. The molecule has 2 atom stereocenters. The normalized spacial score (nSPS) is 13.4. The smallest absolute Gasteiger partial charge is 0.244 e. The maximum absolute atomic E-state index is 12.4. The molecule has 1 rings (SSSR count). The minimum atomic E-state index is -0.524. The molecule has 0 aromatic heterocycles. The van der Waals surface area contributed by atoms with Crippen molar-refractivity contribution in [3.63, 3.8) is 0 Å². The monoisotopic (exact) mass is 259 g/mol. The van der Waals surface area contributed by atoms with Gasteiger partial charge in [-0.2, -0.15) is 5.26 Å². The van der Waals surface area contributed by atoms with Crippen LogP contribution in [-0.2, 0) is 4.79 Å². The molecule has 19 heavy (non-hydrogen) atoms. The lowest BCUT2D eigenvalue weighted by molar-refractivity contribution is -0.120. The summed E-state index contributed by atoms with van der Waals surface area (Å²) in [7, 11) is 0. The first-order valence-corrected chi connectivity index (χ1v) is 6.60. The van der Waals surface area contributed by atoms with Gasteiger partial charge in [-0.15, -0.1) is 0 Å². The van der Waals surface area contributed by atoms with Crippen LogP contribution in [0.25, 0.3) is 0 Å². The maximum atomic E-state index is 12.4. The van der Waals surface area contributed by atoms with Crippen LogP contribution in [0.5, 0.6) is 0 Å². The van der Waals surface area contributed by atoms with Crippen LogP contribution in [0.1, 0.15) is 26.7 Å². The second kappa shape index (κ2) is 7.55. The fourth-order valence-electron chi connectivity index (χ4n) is 1.81. The van der Waals surface area contributed by atoms with Crippen LogP contribution in [0.3, 0.4) is 0 Å². The minimum Gasteiger partial charge on any atom is -0.320 e. The van der Waals surface area contributed by atoms with Crippen molar-refractivity contribution in [3.8, 4) is 6.07 Å². The first-order valence-electron chi connectivity index (χ1n) is 6.60. The Hall–Kier alpha value is -1.86. The number of nitriles is 1. The van der Waals surface area contributed by atoms with Gasteiger partial charge in [-0.25, -0.2) is 0 Å². The molecule has 2 N–H and O–H groups in total. The number of nitrogens with two attached hydrogens (primary N) is 1. The highest BCUT2D eigenvalue weighted by Gasteiger charge is 2.25. The number of rotatable bonds is 6. The summed E-state index contributed by atoms with van der Waals surface area (Å²) < 4.78 is 0. The molecule has 4 heteroatoms. The van der Waals surface area contributed by atoms with Gasteiger partial charge in [0, 0.05) is 12.2 Å². The Labute approximate surface area is 114 Å². The summed E-state index contributed by atoms with van der Waals surface area (Å²) in [4.78, 5) is 14.1. The highest BCUT2D eigenvalue weighted by molar-refractivity contribution is 5.97. The summed E-state index contributed by atoms with van der Waals surface area (Å²) in [5, 5.41) is 8.72. The van der Waals surface area contributed by atoms with E-state index >= 15 is 0 Å². The fourth-order valence-corrected chi connectivity index (χ4v) is 1.81. The van der Waals surface area contributed by atoms with Crippen LogP contribution >= 0.6 is 0 Å². The van der Waals surface area contributed by atoms with E-state index in [4.69, 9.17) is 11.0 Å². The van der Waals surface area contributed by atoms with Gasteiger partial charge in [0.25, 0.3) is 0 Å². The quantitative estimate of drug-likeness (QED) is 0.852. The molecule has 0 fully saturated rings. The highest BCUT2D eigenvalue weighted by Crippen LogP contribution is 2.17. The average Bonchev–Trinajstić information content (AvgIpc) is 2.46. The lowest BCUT2D eigenvalue weighted by Gasteiger charge is -2.27. The second-order valence-electron chi connectivity index (χ2n) is 4.64. The van der Waals surface area contributed by atoms with Crippen molar-refractivity contribution in [3.05, 3.63) is 30.3 Å². The molecule has 0 heterocycles. The van der Waals surface area contributed by atoms with E-state index in [0.717, 1.165) is 12.1 Å². The van der Waals surface area contributed by atoms with E-state index in [-0.39, 0.29) is 11.8 Å². The first kappa shape index (κ1) is 15.2. The number of para-hydroxylation sites is 1. The van der Waals surface area contributed by atoms with Crippen molar-refractivity contribution in [1.29, 1.82) is 5.26 Å². The Morgan fingerprint density at radius 3 is 2.58 bits per heavy atom. The van der Waals surface area contributed by atoms with Crippen molar-refractivity contribution in [2.24, 2.45) is 11.7 Å². The van der Waals surface area contributed by atoms with Crippen LogP contribution in [0, 0.1) is 17.2 Å². The summed E-state index contributed by atoms with van der Waals surface area (Å²) in [6.45, 7) is 4.36. The molecule has 0 aliphatic carbocycles. The number of carbonyl (C=O) groups excluding carboxylic acids is 1. The molecule has 0 bridgehead atoms. The predicted molar refractivity (Wildman–Crippen MR) is 76.5 cm³/mol. The highest BCUT2D eigenvalue weighted by atomic mass is 16.2. The van der Waals surface area contributed by atoms with Crippen LogP contribution in [0.4, 0.5) is 5.69 Å². The third-order valence-electron chi connectivity index (χ3n) is 3.32. The van der Waals surface area contributed by atoms with Crippen molar-refractivity contribution in [2.75, 3.05) is 11.4 Å². The summed E-state index contributed by atoms with van der Waals surface area (Å²) in [6.07, 6.45) is 1.15. The zero-order chi connectivity index (χ0) is 14.3. The third-order valence-corrected chi connectivity index (χ3v) is 3.32. The van der Waals surface area contributed by atoms with Gasteiger partial charge in [0.15, 0.2) is 0 Å². The maximum Gasteiger partial charge on any atom is 0.244 e. The summed E-state index contributed by atoms with van der Waals surface area (Å²) in [6, 6.07) is 10.9. The Morgan fingerprint density at radius 1 is 1.42 bits per heavy atom. The number of hydrogen-bond acceptors (Lipinski definition) is 3. The van der Waals surface area contributed by atoms with Crippen LogP contribution in [0.2, 0.25) is 0 Å². The zero-order valence-electron chi connectivity index (χ0n) is 11.5. The number of anilines is 1. The molecule has 1 aromatic rings. The minimum absolute atomic E-state index is 0.115.